The van der Waals surface area contributed by atoms with Crippen molar-refractivity contribution in [2.45, 2.75) is 6.92 Å². The summed E-state index contributed by atoms with van der Waals surface area (Å²) in [5.74, 6) is 1.12. The van der Waals surface area contributed by atoms with Gasteiger partial charge in [-0.2, -0.15) is 0 Å². The largest absolute Gasteiger partial charge is 0.480 e. The smallest absolute Gasteiger partial charge is 0.323 e. The number of carbonyl (C=O) groups excluding carboxylic acids is 1. The zero-order valence-corrected chi connectivity index (χ0v) is 9.88. The summed E-state index contributed by atoms with van der Waals surface area (Å²) < 4.78 is 0. The van der Waals surface area contributed by atoms with E-state index in [9.17, 15) is 9.59 Å². The van der Waals surface area contributed by atoms with Gasteiger partial charge in [-0.1, -0.05) is 5.92 Å². The normalized spacial score (nSPS) is 9.33. The minimum Gasteiger partial charge on any atom is -0.480 e. The Kier molecular flexibility index (Phi) is 4.69. The molecule has 0 spiro atoms. The standard InChI is InChI=1S/C12H13N3O3/c1-3-7-15(8-11(16)17)12(18)14-10-5-4-6-13-9(10)2/h1,4-6H,7-8H2,2H3,(H,14,18)(H,16,17). The zero-order valence-electron chi connectivity index (χ0n) is 9.88. The molecule has 0 aliphatic rings. The van der Waals surface area contributed by atoms with Crippen molar-refractivity contribution in [3.63, 3.8) is 0 Å². The Morgan fingerprint density at radius 1 is 1.61 bits per heavy atom. The molecule has 0 radical (unpaired) electrons. The Labute approximate surface area is 105 Å². The second-order valence-corrected chi connectivity index (χ2v) is 3.52. The first-order chi connectivity index (χ1) is 8.54. The number of nitrogens with one attached hydrogen (secondary N) is 1. The van der Waals surface area contributed by atoms with Gasteiger partial charge in [0, 0.05) is 6.20 Å². The van der Waals surface area contributed by atoms with Crippen LogP contribution in [0, 0.1) is 19.3 Å². The number of terminal acetylenes is 1. The van der Waals surface area contributed by atoms with Crippen LogP contribution in [0.2, 0.25) is 0 Å². The summed E-state index contributed by atoms with van der Waals surface area (Å²) in [6.07, 6.45) is 6.69. The third-order valence-electron chi connectivity index (χ3n) is 2.14. The molecule has 6 heteroatoms. The number of carboxylic acid groups (broad SMARTS) is 1. The Bertz CT molecular complexity index is 494. The van der Waals surface area contributed by atoms with E-state index >= 15 is 0 Å². The van der Waals surface area contributed by atoms with Crippen LogP contribution in [-0.4, -0.2) is 40.1 Å². The van der Waals surface area contributed by atoms with Crippen LogP contribution in [0.5, 0.6) is 0 Å². The maximum Gasteiger partial charge on any atom is 0.323 e. The third kappa shape index (κ3) is 3.79. The molecule has 0 aliphatic carbocycles. The molecule has 0 saturated heterocycles. The van der Waals surface area contributed by atoms with Gasteiger partial charge in [-0.05, 0) is 19.1 Å². The molecule has 0 atom stereocenters. The lowest BCUT2D eigenvalue weighted by Gasteiger charge is -2.19. The molecule has 0 aliphatic heterocycles. The van der Waals surface area contributed by atoms with Crippen LogP contribution < -0.4 is 5.32 Å². The van der Waals surface area contributed by atoms with Gasteiger partial charge < -0.3 is 15.3 Å². The van der Waals surface area contributed by atoms with Crippen molar-refractivity contribution in [1.82, 2.24) is 9.88 Å². The van der Waals surface area contributed by atoms with Gasteiger partial charge in [0.2, 0.25) is 0 Å². The molecule has 1 aromatic heterocycles. The molecule has 18 heavy (non-hydrogen) atoms. The quantitative estimate of drug-likeness (QED) is 0.776. The first kappa shape index (κ1) is 13.5. The fraction of sp³-hybridized carbons (Fsp3) is 0.250. The number of aliphatic carboxylic acids is 1. The molecular formula is C12H13N3O3. The number of nitrogens with zero attached hydrogens (tertiary/aromatic N) is 2. The van der Waals surface area contributed by atoms with Crippen molar-refractivity contribution in [3.05, 3.63) is 24.0 Å². The number of rotatable bonds is 4. The number of urea groups is 1. The number of amides is 2. The maximum atomic E-state index is 11.8. The van der Waals surface area contributed by atoms with Gasteiger partial charge in [-0.25, -0.2) is 4.79 Å². The highest BCUT2D eigenvalue weighted by Crippen LogP contribution is 2.11. The van der Waals surface area contributed by atoms with Crippen molar-refractivity contribution in [2.24, 2.45) is 0 Å². The van der Waals surface area contributed by atoms with E-state index in [0.29, 0.717) is 11.4 Å². The fourth-order valence-corrected chi connectivity index (χ4v) is 1.28. The highest BCUT2D eigenvalue weighted by molar-refractivity contribution is 5.91. The summed E-state index contributed by atoms with van der Waals surface area (Å²) in [6.45, 7) is 1.21. The van der Waals surface area contributed by atoms with Crippen LogP contribution in [-0.2, 0) is 4.79 Å². The summed E-state index contributed by atoms with van der Waals surface area (Å²) >= 11 is 0. The first-order valence-electron chi connectivity index (χ1n) is 5.17. The second kappa shape index (κ2) is 6.25. The van der Waals surface area contributed by atoms with Crippen LogP contribution in [0.4, 0.5) is 10.5 Å². The van der Waals surface area contributed by atoms with Crippen molar-refractivity contribution < 1.29 is 14.7 Å². The van der Waals surface area contributed by atoms with Gasteiger partial charge >= 0.3 is 12.0 Å². The van der Waals surface area contributed by atoms with Gasteiger partial charge in [0.25, 0.3) is 0 Å². The number of hydrogen-bond donors (Lipinski definition) is 2. The van der Waals surface area contributed by atoms with E-state index in [1.54, 1.807) is 25.3 Å². The highest BCUT2D eigenvalue weighted by atomic mass is 16.4. The van der Waals surface area contributed by atoms with Crippen molar-refractivity contribution in [3.8, 4) is 12.3 Å². The lowest BCUT2D eigenvalue weighted by atomic mass is 10.3. The molecule has 2 N–H and O–H groups in total. The van der Waals surface area contributed by atoms with E-state index in [2.05, 4.69) is 16.2 Å². The number of anilines is 1. The molecule has 0 saturated carbocycles. The summed E-state index contributed by atoms with van der Waals surface area (Å²) in [5, 5.41) is 11.2. The summed E-state index contributed by atoms with van der Waals surface area (Å²) in [4.78, 5) is 27.5. The average molecular weight is 247 g/mol. The predicted octanol–water partition coefficient (Wildman–Crippen LogP) is 0.942. The highest BCUT2D eigenvalue weighted by Gasteiger charge is 2.16. The van der Waals surface area contributed by atoms with Crippen molar-refractivity contribution in [2.75, 3.05) is 18.4 Å². The minimum atomic E-state index is -1.12. The molecule has 1 rings (SSSR count). The Morgan fingerprint density at radius 3 is 2.89 bits per heavy atom. The topological polar surface area (TPSA) is 82.5 Å². The lowest BCUT2D eigenvalue weighted by molar-refractivity contribution is -0.137. The van der Waals surface area contributed by atoms with E-state index in [1.165, 1.54) is 0 Å². The third-order valence-corrected chi connectivity index (χ3v) is 2.14. The van der Waals surface area contributed by atoms with Gasteiger partial charge in [0.15, 0.2) is 0 Å². The molecule has 2 amide bonds. The Balaban J connectivity index is 2.76. The molecule has 0 aromatic carbocycles. The van der Waals surface area contributed by atoms with Gasteiger partial charge in [0.05, 0.1) is 17.9 Å². The first-order valence-corrected chi connectivity index (χ1v) is 5.17. The van der Waals surface area contributed by atoms with Gasteiger partial charge in [-0.15, -0.1) is 6.42 Å². The Hall–Kier alpha value is -2.55. The monoisotopic (exact) mass is 247 g/mol. The van der Waals surface area contributed by atoms with Gasteiger partial charge in [-0.3, -0.25) is 9.78 Å². The molecular weight excluding hydrogens is 234 g/mol. The van der Waals surface area contributed by atoms with E-state index in [-0.39, 0.29) is 6.54 Å². The zero-order chi connectivity index (χ0) is 13.5. The minimum absolute atomic E-state index is 0.0720. The summed E-state index contributed by atoms with van der Waals surface area (Å²) in [7, 11) is 0. The molecule has 94 valence electrons. The molecule has 0 fully saturated rings. The predicted molar refractivity (Wildman–Crippen MR) is 66.0 cm³/mol. The molecule has 1 heterocycles. The van der Waals surface area contributed by atoms with E-state index in [4.69, 9.17) is 11.5 Å². The number of hydrogen-bond acceptors (Lipinski definition) is 3. The molecule has 1 aromatic rings. The number of aryl methyl sites for hydroxylation is 1. The van der Waals surface area contributed by atoms with E-state index < -0.39 is 18.5 Å². The lowest BCUT2D eigenvalue weighted by Crippen LogP contribution is -2.39. The Morgan fingerprint density at radius 2 is 2.33 bits per heavy atom. The summed E-state index contributed by atoms with van der Waals surface area (Å²) in [5.41, 5.74) is 1.16. The van der Waals surface area contributed by atoms with Crippen LogP contribution in [0.25, 0.3) is 0 Å². The van der Waals surface area contributed by atoms with Crippen LogP contribution >= 0.6 is 0 Å². The van der Waals surface area contributed by atoms with E-state index in [0.717, 1.165) is 4.90 Å². The number of aromatic nitrogens is 1. The van der Waals surface area contributed by atoms with Crippen molar-refractivity contribution in [1.29, 1.82) is 0 Å². The van der Waals surface area contributed by atoms with Crippen molar-refractivity contribution >= 4 is 17.7 Å². The van der Waals surface area contributed by atoms with Crippen LogP contribution in [0.3, 0.4) is 0 Å². The fourth-order valence-electron chi connectivity index (χ4n) is 1.28. The molecule has 6 nitrogen and oxygen atoms in total. The van der Waals surface area contributed by atoms with Crippen LogP contribution in [0.15, 0.2) is 18.3 Å². The second-order valence-electron chi connectivity index (χ2n) is 3.52. The maximum absolute atomic E-state index is 11.8. The molecule has 0 unspecified atom stereocenters. The SMILES string of the molecule is C#CCN(CC(=O)O)C(=O)Nc1cccnc1C. The number of carboxylic acids is 1. The van der Waals surface area contributed by atoms with Gasteiger partial charge in [0.1, 0.15) is 6.54 Å². The number of pyridine rings is 1. The van der Waals surface area contributed by atoms with Crippen LogP contribution in [0.1, 0.15) is 5.69 Å². The average Bonchev–Trinajstić information content (AvgIpc) is 2.31. The summed E-state index contributed by atoms with van der Waals surface area (Å²) in [6, 6.07) is 2.78. The molecule has 0 bridgehead atoms. The van der Waals surface area contributed by atoms with E-state index in [1.807, 2.05) is 0 Å². The number of carbonyl (C=O) groups is 2.